The Morgan fingerprint density at radius 2 is 1.69 bits per heavy atom. The molecule has 2 atom stereocenters. The topological polar surface area (TPSA) is 15.7 Å². The Balaban J connectivity index is 1.83. The van der Waals surface area contributed by atoms with Crippen LogP contribution in [0, 0.1) is 0 Å². The molecule has 3 nitrogen and oxygen atoms in total. The van der Waals surface area contributed by atoms with Gasteiger partial charge in [-0.1, -0.05) is 15.9 Å². The third kappa shape index (κ3) is 3.19. The lowest BCUT2D eigenvalue weighted by molar-refractivity contribution is -0.0859. The van der Waals surface area contributed by atoms with E-state index < -0.39 is 0 Å². The molecule has 0 aromatic rings. The molecule has 0 radical (unpaired) electrons. The maximum atomic E-state index is 5.79. The highest BCUT2D eigenvalue weighted by Gasteiger charge is 2.29. The Hall–Kier alpha value is 0.360. The molecule has 94 valence electrons. The molecule has 0 bridgehead atoms. The summed E-state index contributed by atoms with van der Waals surface area (Å²) in [4.78, 5) is 5.12. The van der Waals surface area contributed by atoms with Gasteiger partial charge < -0.3 is 4.74 Å². The molecule has 0 unspecified atom stereocenters. The standard InChI is InChI=1S/C12H23BrN2O/c1-10-7-15(8-11(2)16-10)12-3-5-14(9-13)6-4-12/h10-12H,3-9H2,1-2H3/t10-,11+. The average Bonchev–Trinajstić information content (AvgIpc) is 2.28. The van der Waals surface area contributed by atoms with Gasteiger partial charge in [0.15, 0.2) is 0 Å². The van der Waals surface area contributed by atoms with Gasteiger partial charge in [0.05, 0.1) is 17.7 Å². The molecule has 0 aliphatic carbocycles. The summed E-state index contributed by atoms with van der Waals surface area (Å²) in [7, 11) is 0. The minimum atomic E-state index is 0.401. The van der Waals surface area contributed by atoms with Crippen LogP contribution in [0.5, 0.6) is 0 Å². The molecular weight excluding hydrogens is 268 g/mol. The van der Waals surface area contributed by atoms with Crippen molar-refractivity contribution in [2.75, 3.05) is 31.6 Å². The summed E-state index contributed by atoms with van der Waals surface area (Å²) in [6.07, 6.45) is 3.42. The van der Waals surface area contributed by atoms with E-state index in [0.29, 0.717) is 12.2 Å². The molecule has 0 N–H and O–H groups in total. The zero-order chi connectivity index (χ0) is 11.5. The molecule has 2 heterocycles. The number of rotatable bonds is 2. The van der Waals surface area contributed by atoms with Gasteiger partial charge in [-0.3, -0.25) is 9.80 Å². The number of piperidine rings is 1. The van der Waals surface area contributed by atoms with E-state index >= 15 is 0 Å². The van der Waals surface area contributed by atoms with Crippen LogP contribution in [0.15, 0.2) is 0 Å². The fourth-order valence-corrected chi connectivity index (χ4v) is 3.42. The molecule has 2 aliphatic heterocycles. The Labute approximate surface area is 107 Å². The highest BCUT2D eigenvalue weighted by atomic mass is 79.9. The molecule has 4 heteroatoms. The molecule has 0 aromatic heterocycles. The van der Waals surface area contributed by atoms with Crippen LogP contribution in [0.25, 0.3) is 0 Å². The average molecular weight is 291 g/mol. The molecule has 0 spiro atoms. The molecular formula is C12H23BrN2O. The Bertz CT molecular complexity index is 209. The van der Waals surface area contributed by atoms with E-state index in [0.717, 1.165) is 24.6 Å². The van der Waals surface area contributed by atoms with Crippen LogP contribution in [-0.4, -0.2) is 59.7 Å². The molecule has 2 aliphatic rings. The van der Waals surface area contributed by atoms with Gasteiger partial charge in [0, 0.05) is 32.2 Å². The minimum Gasteiger partial charge on any atom is -0.373 e. The maximum absolute atomic E-state index is 5.79. The van der Waals surface area contributed by atoms with Crippen LogP contribution >= 0.6 is 15.9 Å². The van der Waals surface area contributed by atoms with Gasteiger partial charge in [-0.15, -0.1) is 0 Å². The molecule has 0 aromatic carbocycles. The van der Waals surface area contributed by atoms with Gasteiger partial charge in [-0.2, -0.15) is 0 Å². The van der Waals surface area contributed by atoms with Crippen molar-refractivity contribution in [3.05, 3.63) is 0 Å². The van der Waals surface area contributed by atoms with Crippen LogP contribution in [0.3, 0.4) is 0 Å². The van der Waals surface area contributed by atoms with E-state index in [9.17, 15) is 0 Å². The number of halogens is 1. The summed E-state index contributed by atoms with van der Waals surface area (Å²) in [5.74, 6) is 0. The lowest BCUT2D eigenvalue weighted by Crippen LogP contribution is -2.53. The van der Waals surface area contributed by atoms with Crippen molar-refractivity contribution in [1.29, 1.82) is 0 Å². The summed E-state index contributed by atoms with van der Waals surface area (Å²) in [5.41, 5.74) is 1.02. The second kappa shape index (κ2) is 5.80. The SMILES string of the molecule is C[C@@H]1CN(C2CCN(CBr)CC2)C[C@H](C)O1. The number of likely N-dealkylation sites (tertiary alicyclic amines) is 1. The van der Waals surface area contributed by atoms with E-state index in [1.807, 2.05) is 0 Å². The van der Waals surface area contributed by atoms with Crippen LogP contribution in [0.2, 0.25) is 0 Å². The van der Waals surface area contributed by atoms with E-state index in [-0.39, 0.29) is 0 Å². The van der Waals surface area contributed by atoms with Crippen molar-refractivity contribution in [3.8, 4) is 0 Å². The van der Waals surface area contributed by atoms with Crippen molar-refractivity contribution < 1.29 is 4.74 Å². The molecule has 0 amide bonds. The Kier molecular flexibility index (Phi) is 4.65. The van der Waals surface area contributed by atoms with E-state index in [4.69, 9.17) is 4.74 Å². The number of hydrogen-bond donors (Lipinski definition) is 0. The normalized spacial score (nSPS) is 35.4. The fourth-order valence-electron chi connectivity index (χ4n) is 2.92. The van der Waals surface area contributed by atoms with E-state index in [1.54, 1.807) is 0 Å². The van der Waals surface area contributed by atoms with Crippen LogP contribution in [-0.2, 0) is 4.74 Å². The monoisotopic (exact) mass is 290 g/mol. The van der Waals surface area contributed by atoms with Crippen molar-refractivity contribution in [2.45, 2.75) is 44.9 Å². The second-order valence-corrected chi connectivity index (χ2v) is 5.68. The van der Waals surface area contributed by atoms with Gasteiger partial charge in [0.2, 0.25) is 0 Å². The second-order valence-electron chi connectivity index (χ2n) is 5.18. The van der Waals surface area contributed by atoms with Gasteiger partial charge in [0.1, 0.15) is 0 Å². The zero-order valence-electron chi connectivity index (χ0n) is 10.4. The lowest BCUT2D eigenvalue weighted by Gasteiger charge is -2.43. The fraction of sp³-hybridized carbons (Fsp3) is 1.00. The predicted octanol–water partition coefficient (Wildman–Crippen LogP) is 1.91. The number of morpholine rings is 1. The Morgan fingerprint density at radius 1 is 1.12 bits per heavy atom. The molecule has 2 rings (SSSR count). The summed E-state index contributed by atoms with van der Waals surface area (Å²) < 4.78 is 5.79. The van der Waals surface area contributed by atoms with Crippen LogP contribution in [0.1, 0.15) is 26.7 Å². The number of ether oxygens (including phenoxy) is 1. The summed E-state index contributed by atoms with van der Waals surface area (Å²) >= 11 is 3.54. The molecule has 16 heavy (non-hydrogen) atoms. The van der Waals surface area contributed by atoms with E-state index in [1.165, 1.54) is 25.9 Å². The first kappa shape index (κ1) is 12.8. The first-order chi connectivity index (χ1) is 7.69. The number of hydrogen-bond acceptors (Lipinski definition) is 3. The maximum Gasteiger partial charge on any atom is 0.0678 e. The van der Waals surface area contributed by atoms with Crippen molar-refractivity contribution in [2.24, 2.45) is 0 Å². The molecule has 2 fully saturated rings. The first-order valence-electron chi connectivity index (χ1n) is 6.37. The van der Waals surface area contributed by atoms with Gasteiger partial charge in [0.25, 0.3) is 0 Å². The van der Waals surface area contributed by atoms with Gasteiger partial charge in [-0.05, 0) is 26.7 Å². The third-order valence-corrected chi connectivity index (χ3v) is 4.40. The highest BCUT2D eigenvalue weighted by molar-refractivity contribution is 9.09. The van der Waals surface area contributed by atoms with Gasteiger partial charge in [-0.25, -0.2) is 0 Å². The number of alkyl halides is 1. The third-order valence-electron chi connectivity index (χ3n) is 3.69. The molecule has 2 saturated heterocycles. The van der Waals surface area contributed by atoms with Crippen LogP contribution < -0.4 is 0 Å². The summed E-state index contributed by atoms with van der Waals surface area (Å²) in [6, 6.07) is 0.782. The Morgan fingerprint density at radius 3 is 2.19 bits per heavy atom. The molecule has 0 saturated carbocycles. The quantitative estimate of drug-likeness (QED) is 0.571. The summed E-state index contributed by atoms with van der Waals surface area (Å²) in [6.45, 7) is 9.07. The first-order valence-corrected chi connectivity index (χ1v) is 7.49. The summed E-state index contributed by atoms with van der Waals surface area (Å²) in [5, 5.41) is 0. The van der Waals surface area contributed by atoms with Crippen molar-refractivity contribution >= 4 is 15.9 Å². The van der Waals surface area contributed by atoms with E-state index in [2.05, 4.69) is 39.6 Å². The number of nitrogens with zero attached hydrogens (tertiary/aromatic N) is 2. The minimum absolute atomic E-state index is 0.401. The lowest BCUT2D eigenvalue weighted by atomic mass is 10.0. The zero-order valence-corrected chi connectivity index (χ0v) is 11.9. The predicted molar refractivity (Wildman–Crippen MR) is 70.0 cm³/mol. The largest absolute Gasteiger partial charge is 0.373 e. The smallest absolute Gasteiger partial charge is 0.0678 e. The van der Waals surface area contributed by atoms with Crippen molar-refractivity contribution in [1.82, 2.24) is 9.80 Å². The highest BCUT2D eigenvalue weighted by Crippen LogP contribution is 2.21. The van der Waals surface area contributed by atoms with Crippen molar-refractivity contribution in [3.63, 3.8) is 0 Å². The van der Waals surface area contributed by atoms with Gasteiger partial charge >= 0.3 is 0 Å². The van der Waals surface area contributed by atoms with Crippen LogP contribution in [0.4, 0.5) is 0 Å².